The third-order valence-electron chi connectivity index (χ3n) is 5.08. The highest BCUT2D eigenvalue weighted by atomic mass is 16.1. The van der Waals surface area contributed by atoms with Gasteiger partial charge in [-0.2, -0.15) is 0 Å². The van der Waals surface area contributed by atoms with Gasteiger partial charge < -0.3 is 0 Å². The fraction of sp³-hybridized carbons (Fsp3) is 0.500. The molecule has 3 rings (SSSR count). The van der Waals surface area contributed by atoms with Crippen LogP contribution in [0.25, 0.3) is 6.08 Å². The van der Waals surface area contributed by atoms with Crippen molar-refractivity contribution in [1.82, 2.24) is 0 Å². The number of Topliss-reactive ketones (excluding diaryl/α,β-unsaturated/α-hetero) is 2. The largest absolute Gasteiger partial charge is 0.299 e. The Balaban J connectivity index is 1.70. The third kappa shape index (κ3) is 3.55. The number of carbonyl (C=O) groups is 2. The number of rotatable bonds is 3. The second kappa shape index (κ2) is 7.04. The molecular formula is C20H24O2. The van der Waals surface area contributed by atoms with E-state index in [1.54, 1.807) is 0 Å². The molecule has 0 saturated heterocycles. The molecule has 0 bridgehead atoms. The predicted molar refractivity (Wildman–Crippen MR) is 88.3 cm³/mol. The number of ketones is 2. The zero-order valence-corrected chi connectivity index (χ0v) is 13.1. The van der Waals surface area contributed by atoms with Gasteiger partial charge in [0, 0.05) is 18.3 Å². The molecule has 2 heteroatoms. The predicted octanol–water partition coefficient (Wildman–Crippen LogP) is 4.59. The molecule has 0 amide bonds. The highest BCUT2D eigenvalue weighted by Gasteiger charge is 2.32. The topological polar surface area (TPSA) is 34.1 Å². The lowest BCUT2D eigenvalue weighted by Crippen LogP contribution is -2.28. The van der Waals surface area contributed by atoms with E-state index in [4.69, 9.17) is 0 Å². The Morgan fingerprint density at radius 1 is 0.909 bits per heavy atom. The van der Waals surface area contributed by atoms with E-state index in [0.717, 1.165) is 62.5 Å². The van der Waals surface area contributed by atoms with Crippen molar-refractivity contribution in [2.45, 2.75) is 51.4 Å². The average molecular weight is 296 g/mol. The van der Waals surface area contributed by atoms with Crippen LogP contribution >= 0.6 is 0 Å². The van der Waals surface area contributed by atoms with Gasteiger partial charge in [0.15, 0.2) is 5.78 Å². The van der Waals surface area contributed by atoms with E-state index >= 15 is 0 Å². The Kier molecular flexibility index (Phi) is 4.87. The van der Waals surface area contributed by atoms with Crippen LogP contribution in [0.2, 0.25) is 0 Å². The van der Waals surface area contributed by atoms with Gasteiger partial charge in [-0.3, -0.25) is 9.59 Å². The first-order chi connectivity index (χ1) is 10.7. The standard InChI is InChI=1S/C20H24O2/c21-19-12-5-4-9-16(19)14-18-11-6-10-17(20(18)22)13-15-7-2-1-3-8-15/h1-3,7-8,13,16,18H,4-6,9-12,14H2. The van der Waals surface area contributed by atoms with E-state index in [2.05, 4.69) is 0 Å². The second-order valence-electron chi connectivity index (χ2n) is 6.68. The van der Waals surface area contributed by atoms with Crippen LogP contribution < -0.4 is 0 Å². The summed E-state index contributed by atoms with van der Waals surface area (Å²) in [6, 6.07) is 10.1. The van der Waals surface area contributed by atoms with Crippen molar-refractivity contribution in [1.29, 1.82) is 0 Å². The molecule has 2 unspecified atom stereocenters. The summed E-state index contributed by atoms with van der Waals surface area (Å²) in [6.45, 7) is 0. The van der Waals surface area contributed by atoms with Gasteiger partial charge in [-0.1, -0.05) is 36.8 Å². The summed E-state index contributed by atoms with van der Waals surface area (Å²) in [5, 5.41) is 0. The minimum absolute atomic E-state index is 0.0655. The Labute approximate surface area is 132 Å². The SMILES string of the molecule is O=C1CCCCC1CC1CCCC(=Cc2ccccc2)C1=O. The van der Waals surface area contributed by atoms with E-state index in [1.165, 1.54) is 0 Å². The molecule has 116 valence electrons. The van der Waals surface area contributed by atoms with E-state index < -0.39 is 0 Å². The molecule has 2 saturated carbocycles. The minimum atomic E-state index is 0.0655. The normalized spacial score (nSPS) is 28.1. The molecule has 0 spiro atoms. The number of hydrogen-bond acceptors (Lipinski definition) is 2. The molecular weight excluding hydrogens is 272 g/mol. The molecule has 2 aliphatic rings. The van der Waals surface area contributed by atoms with Crippen LogP contribution in [0.5, 0.6) is 0 Å². The molecule has 2 fully saturated rings. The van der Waals surface area contributed by atoms with Crippen LogP contribution in [0.1, 0.15) is 56.9 Å². The van der Waals surface area contributed by atoms with Crippen LogP contribution in [0, 0.1) is 11.8 Å². The van der Waals surface area contributed by atoms with Crippen molar-refractivity contribution < 1.29 is 9.59 Å². The molecule has 2 nitrogen and oxygen atoms in total. The fourth-order valence-corrected chi connectivity index (χ4v) is 3.82. The highest BCUT2D eigenvalue weighted by molar-refractivity contribution is 6.02. The first-order valence-electron chi connectivity index (χ1n) is 8.56. The van der Waals surface area contributed by atoms with Crippen molar-refractivity contribution >= 4 is 17.6 Å². The molecule has 1 aromatic carbocycles. The number of carbonyl (C=O) groups excluding carboxylic acids is 2. The summed E-state index contributed by atoms with van der Waals surface area (Å²) in [5.74, 6) is 0.876. The van der Waals surface area contributed by atoms with Gasteiger partial charge in [-0.15, -0.1) is 0 Å². The Bertz CT molecular complexity index is 571. The number of allylic oxidation sites excluding steroid dienone is 1. The lowest BCUT2D eigenvalue weighted by atomic mass is 9.75. The van der Waals surface area contributed by atoms with Crippen LogP contribution in [0.15, 0.2) is 35.9 Å². The third-order valence-corrected chi connectivity index (χ3v) is 5.08. The van der Waals surface area contributed by atoms with E-state index in [1.807, 2.05) is 36.4 Å². The van der Waals surface area contributed by atoms with Crippen LogP contribution in [0.3, 0.4) is 0 Å². The smallest absolute Gasteiger partial charge is 0.161 e. The average Bonchev–Trinajstić information content (AvgIpc) is 2.54. The summed E-state index contributed by atoms with van der Waals surface area (Å²) < 4.78 is 0. The Morgan fingerprint density at radius 2 is 1.68 bits per heavy atom. The van der Waals surface area contributed by atoms with Crippen molar-refractivity contribution in [3.63, 3.8) is 0 Å². The van der Waals surface area contributed by atoms with Crippen LogP contribution in [0.4, 0.5) is 0 Å². The van der Waals surface area contributed by atoms with Gasteiger partial charge in [0.1, 0.15) is 5.78 Å². The molecule has 22 heavy (non-hydrogen) atoms. The molecule has 0 radical (unpaired) electrons. The summed E-state index contributed by atoms with van der Waals surface area (Å²) in [5.41, 5.74) is 2.05. The minimum Gasteiger partial charge on any atom is -0.299 e. The van der Waals surface area contributed by atoms with Crippen molar-refractivity contribution in [3.05, 3.63) is 41.5 Å². The second-order valence-corrected chi connectivity index (χ2v) is 6.68. The van der Waals surface area contributed by atoms with Gasteiger partial charge in [-0.25, -0.2) is 0 Å². The molecule has 0 N–H and O–H groups in total. The maximum atomic E-state index is 12.7. The van der Waals surface area contributed by atoms with Gasteiger partial charge >= 0.3 is 0 Å². The maximum absolute atomic E-state index is 12.7. The monoisotopic (exact) mass is 296 g/mol. The van der Waals surface area contributed by atoms with Gasteiger partial charge in [0.2, 0.25) is 0 Å². The van der Waals surface area contributed by atoms with E-state index in [-0.39, 0.29) is 17.6 Å². The Hall–Kier alpha value is -1.70. The molecule has 2 atom stereocenters. The number of hydrogen-bond donors (Lipinski definition) is 0. The van der Waals surface area contributed by atoms with Gasteiger partial charge in [0.25, 0.3) is 0 Å². The summed E-state index contributed by atoms with van der Waals surface area (Å²) >= 11 is 0. The first-order valence-corrected chi connectivity index (χ1v) is 8.56. The van der Waals surface area contributed by atoms with Crippen LogP contribution in [-0.2, 0) is 9.59 Å². The molecule has 2 aliphatic carbocycles. The summed E-state index contributed by atoms with van der Waals surface area (Å²) in [4.78, 5) is 24.8. The zero-order chi connectivity index (χ0) is 15.4. The van der Waals surface area contributed by atoms with Crippen molar-refractivity contribution in [2.24, 2.45) is 11.8 Å². The molecule has 0 heterocycles. The maximum Gasteiger partial charge on any atom is 0.161 e. The molecule has 1 aromatic rings. The first kappa shape index (κ1) is 15.2. The molecule has 0 aromatic heterocycles. The summed E-state index contributed by atoms with van der Waals surface area (Å²) in [7, 11) is 0. The zero-order valence-electron chi connectivity index (χ0n) is 13.1. The van der Waals surface area contributed by atoms with Crippen molar-refractivity contribution in [3.8, 4) is 0 Å². The number of benzene rings is 1. The van der Waals surface area contributed by atoms with Crippen LogP contribution in [-0.4, -0.2) is 11.6 Å². The quantitative estimate of drug-likeness (QED) is 0.765. The fourth-order valence-electron chi connectivity index (χ4n) is 3.82. The summed E-state index contributed by atoms with van der Waals surface area (Å²) in [6.07, 6.45) is 9.60. The lowest BCUT2D eigenvalue weighted by Gasteiger charge is -2.28. The Morgan fingerprint density at radius 3 is 2.45 bits per heavy atom. The van der Waals surface area contributed by atoms with E-state index in [9.17, 15) is 9.59 Å². The van der Waals surface area contributed by atoms with Crippen molar-refractivity contribution in [2.75, 3.05) is 0 Å². The molecule has 0 aliphatic heterocycles. The van der Waals surface area contributed by atoms with E-state index in [0.29, 0.717) is 5.78 Å². The highest BCUT2D eigenvalue weighted by Crippen LogP contribution is 2.34. The van der Waals surface area contributed by atoms with Gasteiger partial charge in [0.05, 0.1) is 0 Å². The van der Waals surface area contributed by atoms with Gasteiger partial charge in [-0.05, 0) is 55.7 Å². The lowest BCUT2D eigenvalue weighted by molar-refractivity contribution is -0.126.